The molecule has 2 N–H and O–H groups in total. The lowest BCUT2D eigenvalue weighted by atomic mass is 9.91. The number of aromatic nitrogens is 1. The van der Waals surface area contributed by atoms with E-state index in [0.29, 0.717) is 17.4 Å². The Bertz CT molecular complexity index is 929. The molecule has 0 fully saturated rings. The fourth-order valence-electron chi connectivity index (χ4n) is 3.04. The van der Waals surface area contributed by atoms with Crippen LogP contribution in [0.15, 0.2) is 59.4 Å². The van der Waals surface area contributed by atoms with Crippen LogP contribution in [0.3, 0.4) is 0 Å². The minimum Gasteiger partial charge on any atom is -0.481 e. The molecule has 0 aliphatic rings. The SMILES string of the molecule is Cc1[nH]c2ccccc2c(=O)c1C[C@H](Cc1ccccc1)C(=O)O. The molecule has 0 radical (unpaired) electrons. The van der Waals surface area contributed by atoms with Crippen LogP contribution in [0.1, 0.15) is 16.8 Å². The van der Waals surface area contributed by atoms with Gasteiger partial charge in [0.1, 0.15) is 0 Å². The van der Waals surface area contributed by atoms with E-state index in [1.165, 1.54) is 0 Å². The van der Waals surface area contributed by atoms with Crippen LogP contribution in [-0.2, 0) is 17.6 Å². The summed E-state index contributed by atoms with van der Waals surface area (Å²) in [6, 6.07) is 16.8. The molecule has 0 saturated heterocycles. The van der Waals surface area contributed by atoms with E-state index in [2.05, 4.69) is 4.98 Å². The molecule has 0 aliphatic carbocycles. The zero-order valence-electron chi connectivity index (χ0n) is 13.5. The number of hydrogen-bond donors (Lipinski definition) is 2. The Labute approximate surface area is 139 Å². The number of para-hydroxylation sites is 1. The van der Waals surface area contributed by atoms with Crippen molar-refractivity contribution in [2.75, 3.05) is 0 Å². The van der Waals surface area contributed by atoms with E-state index in [4.69, 9.17) is 0 Å². The molecule has 3 rings (SSSR count). The smallest absolute Gasteiger partial charge is 0.307 e. The fraction of sp³-hybridized carbons (Fsp3) is 0.200. The number of nitrogens with one attached hydrogen (secondary N) is 1. The first-order valence-electron chi connectivity index (χ1n) is 7.93. The molecule has 24 heavy (non-hydrogen) atoms. The van der Waals surface area contributed by atoms with Crippen LogP contribution in [0.4, 0.5) is 0 Å². The molecule has 0 unspecified atom stereocenters. The summed E-state index contributed by atoms with van der Waals surface area (Å²) in [5, 5.41) is 10.2. The largest absolute Gasteiger partial charge is 0.481 e. The Kier molecular flexibility index (Phi) is 4.47. The maximum Gasteiger partial charge on any atom is 0.307 e. The highest BCUT2D eigenvalue weighted by Gasteiger charge is 2.22. The summed E-state index contributed by atoms with van der Waals surface area (Å²) in [6.45, 7) is 1.82. The molecule has 4 nitrogen and oxygen atoms in total. The van der Waals surface area contributed by atoms with Crippen molar-refractivity contribution in [1.82, 2.24) is 4.98 Å². The van der Waals surface area contributed by atoms with Gasteiger partial charge in [-0.1, -0.05) is 42.5 Å². The predicted octanol–water partition coefficient (Wildman–Crippen LogP) is 3.32. The molecule has 2 aromatic carbocycles. The van der Waals surface area contributed by atoms with Gasteiger partial charge in [0.05, 0.1) is 5.92 Å². The number of carboxylic acids is 1. The number of carbonyl (C=O) groups is 1. The first-order chi connectivity index (χ1) is 11.6. The van der Waals surface area contributed by atoms with Crippen LogP contribution in [0.2, 0.25) is 0 Å². The molecule has 0 aliphatic heterocycles. The number of aryl methyl sites for hydroxylation is 1. The molecule has 122 valence electrons. The van der Waals surface area contributed by atoms with Gasteiger partial charge in [0, 0.05) is 22.2 Å². The van der Waals surface area contributed by atoms with E-state index >= 15 is 0 Å². The summed E-state index contributed by atoms with van der Waals surface area (Å²) in [5.41, 5.74) is 2.94. The van der Waals surface area contributed by atoms with Gasteiger partial charge in [0.2, 0.25) is 0 Å². The summed E-state index contributed by atoms with van der Waals surface area (Å²) < 4.78 is 0. The second-order valence-corrected chi connectivity index (χ2v) is 6.03. The molecule has 0 saturated carbocycles. The number of rotatable bonds is 5. The Balaban J connectivity index is 1.97. The lowest BCUT2D eigenvalue weighted by molar-refractivity contribution is -0.141. The molecule has 0 spiro atoms. The molecule has 1 aromatic heterocycles. The van der Waals surface area contributed by atoms with Crippen LogP contribution < -0.4 is 5.43 Å². The number of carboxylic acid groups (broad SMARTS) is 1. The van der Waals surface area contributed by atoms with Gasteiger partial charge in [-0.3, -0.25) is 9.59 Å². The summed E-state index contributed by atoms with van der Waals surface area (Å²) >= 11 is 0. The van der Waals surface area contributed by atoms with E-state index in [0.717, 1.165) is 16.8 Å². The molecule has 0 bridgehead atoms. The number of fused-ring (bicyclic) bond motifs is 1. The normalized spacial score (nSPS) is 12.2. The second-order valence-electron chi connectivity index (χ2n) is 6.03. The second kappa shape index (κ2) is 6.71. The lowest BCUT2D eigenvalue weighted by Gasteiger charge is -2.14. The monoisotopic (exact) mass is 321 g/mol. The molecular formula is C20H19NO3. The van der Waals surface area contributed by atoms with E-state index in [1.807, 2.05) is 55.5 Å². The number of hydrogen-bond acceptors (Lipinski definition) is 2. The van der Waals surface area contributed by atoms with E-state index < -0.39 is 11.9 Å². The number of aliphatic carboxylic acids is 1. The van der Waals surface area contributed by atoms with Crippen LogP contribution in [-0.4, -0.2) is 16.1 Å². The topological polar surface area (TPSA) is 70.2 Å². The van der Waals surface area contributed by atoms with Crippen molar-refractivity contribution in [2.24, 2.45) is 5.92 Å². The van der Waals surface area contributed by atoms with Gasteiger partial charge in [-0.25, -0.2) is 0 Å². The first kappa shape index (κ1) is 16.0. The van der Waals surface area contributed by atoms with Crippen molar-refractivity contribution in [2.45, 2.75) is 19.8 Å². The van der Waals surface area contributed by atoms with Crippen molar-refractivity contribution in [3.63, 3.8) is 0 Å². The third kappa shape index (κ3) is 3.23. The van der Waals surface area contributed by atoms with Gasteiger partial charge in [0.15, 0.2) is 5.43 Å². The van der Waals surface area contributed by atoms with Gasteiger partial charge in [-0.15, -0.1) is 0 Å². The molecule has 1 atom stereocenters. The average Bonchev–Trinajstić information content (AvgIpc) is 2.58. The Morgan fingerprint density at radius 1 is 1.04 bits per heavy atom. The third-order valence-corrected chi connectivity index (χ3v) is 4.35. The minimum atomic E-state index is -0.884. The zero-order valence-corrected chi connectivity index (χ0v) is 13.5. The van der Waals surface area contributed by atoms with Gasteiger partial charge < -0.3 is 10.1 Å². The number of H-pyrrole nitrogens is 1. The van der Waals surface area contributed by atoms with E-state index in [9.17, 15) is 14.7 Å². The van der Waals surface area contributed by atoms with Crippen molar-refractivity contribution >= 4 is 16.9 Å². The van der Waals surface area contributed by atoms with Gasteiger partial charge >= 0.3 is 5.97 Å². The standard InChI is InChI=1S/C20H19NO3/c1-13-17(19(22)16-9-5-6-10-18(16)21-13)12-15(20(23)24)11-14-7-3-2-4-8-14/h2-10,15H,11-12H2,1H3,(H,21,22)(H,23,24)/t15-/m0/s1. The fourth-order valence-corrected chi connectivity index (χ4v) is 3.04. The molecule has 0 amide bonds. The highest BCUT2D eigenvalue weighted by atomic mass is 16.4. The van der Waals surface area contributed by atoms with Crippen LogP contribution in [0.5, 0.6) is 0 Å². The molecular weight excluding hydrogens is 302 g/mol. The quantitative estimate of drug-likeness (QED) is 0.757. The van der Waals surface area contributed by atoms with E-state index in [-0.39, 0.29) is 11.8 Å². The maximum absolute atomic E-state index is 12.7. The van der Waals surface area contributed by atoms with Crippen LogP contribution >= 0.6 is 0 Å². The van der Waals surface area contributed by atoms with Crippen LogP contribution in [0, 0.1) is 12.8 Å². The molecule has 4 heteroatoms. The lowest BCUT2D eigenvalue weighted by Crippen LogP contribution is -2.24. The molecule has 3 aromatic rings. The van der Waals surface area contributed by atoms with Crippen molar-refractivity contribution < 1.29 is 9.90 Å². The summed E-state index contributed by atoms with van der Waals surface area (Å²) in [4.78, 5) is 27.6. The predicted molar refractivity (Wildman–Crippen MR) is 94.3 cm³/mol. The number of pyridine rings is 1. The third-order valence-electron chi connectivity index (χ3n) is 4.35. The summed E-state index contributed by atoms with van der Waals surface area (Å²) in [5.74, 6) is -1.51. The van der Waals surface area contributed by atoms with Gasteiger partial charge in [0.25, 0.3) is 0 Å². The van der Waals surface area contributed by atoms with Crippen LogP contribution in [0.25, 0.3) is 10.9 Å². The Morgan fingerprint density at radius 2 is 1.71 bits per heavy atom. The highest BCUT2D eigenvalue weighted by molar-refractivity contribution is 5.79. The van der Waals surface area contributed by atoms with Gasteiger partial charge in [-0.2, -0.15) is 0 Å². The van der Waals surface area contributed by atoms with Crippen molar-refractivity contribution in [1.29, 1.82) is 0 Å². The minimum absolute atomic E-state index is 0.0823. The highest BCUT2D eigenvalue weighted by Crippen LogP contribution is 2.17. The zero-order chi connectivity index (χ0) is 17.1. The average molecular weight is 321 g/mol. The van der Waals surface area contributed by atoms with E-state index in [1.54, 1.807) is 6.07 Å². The Morgan fingerprint density at radius 3 is 2.42 bits per heavy atom. The maximum atomic E-state index is 12.7. The molecule has 1 heterocycles. The van der Waals surface area contributed by atoms with Gasteiger partial charge in [-0.05, 0) is 37.5 Å². The Hall–Kier alpha value is -2.88. The first-order valence-corrected chi connectivity index (χ1v) is 7.93. The summed E-state index contributed by atoms with van der Waals surface area (Å²) in [6.07, 6.45) is 0.623. The number of aromatic amines is 1. The van der Waals surface area contributed by atoms with Crippen molar-refractivity contribution in [3.8, 4) is 0 Å². The van der Waals surface area contributed by atoms with Crippen molar-refractivity contribution in [3.05, 3.63) is 81.6 Å². The number of benzene rings is 2. The summed E-state index contributed by atoms with van der Waals surface area (Å²) in [7, 11) is 0.